The van der Waals surface area contributed by atoms with Gasteiger partial charge >= 0.3 is 12.1 Å². The highest BCUT2D eigenvalue weighted by atomic mass is 79.9. The monoisotopic (exact) mass is 461 g/mol. The van der Waals surface area contributed by atoms with Gasteiger partial charge in [0, 0.05) is 12.7 Å². The number of benzene rings is 1. The zero-order valence-corrected chi connectivity index (χ0v) is 17.3. The number of halogens is 4. The lowest BCUT2D eigenvalue weighted by Crippen LogP contribution is -2.32. The molecule has 0 N–H and O–H groups in total. The first kappa shape index (κ1) is 21.9. The second-order valence-corrected chi connectivity index (χ2v) is 6.83. The van der Waals surface area contributed by atoms with E-state index in [2.05, 4.69) is 20.9 Å². The lowest BCUT2D eigenvalue weighted by atomic mass is 10.1. The summed E-state index contributed by atoms with van der Waals surface area (Å²) in [5.41, 5.74) is 0.241. The Labute approximate surface area is 168 Å². The third-order valence-corrected chi connectivity index (χ3v) is 4.64. The lowest BCUT2D eigenvalue weighted by molar-refractivity contribution is -0.141. The van der Waals surface area contributed by atoms with Gasteiger partial charge in [-0.25, -0.2) is 9.78 Å². The van der Waals surface area contributed by atoms with Gasteiger partial charge in [-0.3, -0.25) is 4.79 Å². The SMILES string of the molecule is CCOC(=O)c1c(C(F)(F)F)nc(Br)n1CC(=O)N(C)c1ccc(C)cc1C. The summed E-state index contributed by atoms with van der Waals surface area (Å²) in [6.45, 7) is 4.56. The molecule has 0 fully saturated rings. The fourth-order valence-corrected chi connectivity index (χ4v) is 3.21. The van der Waals surface area contributed by atoms with E-state index in [0.717, 1.165) is 15.7 Å². The summed E-state index contributed by atoms with van der Waals surface area (Å²) in [5, 5.41) is 0. The molecule has 0 aliphatic rings. The van der Waals surface area contributed by atoms with Crippen LogP contribution in [0.2, 0.25) is 0 Å². The van der Waals surface area contributed by atoms with E-state index in [1.165, 1.54) is 18.9 Å². The second kappa shape index (κ2) is 8.34. The van der Waals surface area contributed by atoms with Gasteiger partial charge in [0.1, 0.15) is 6.54 Å². The maximum Gasteiger partial charge on any atom is 0.435 e. The van der Waals surface area contributed by atoms with E-state index in [9.17, 15) is 22.8 Å². The molecule has 0 atom stereocenters. The molecule has 1 heterocycles. The molecule has 0 aliphatic carbocycles. The minimum absolute atomic E-state index is 0.116. The largest absolute Gasteiger partial charge is 0.461 e. The van der Waals surface area contributed by atoms with Crippen molar-refractivity contribution in [3.63, 3.8) is 0 Å². The summed E-state index contributed by atoms with van der Waals surface area (Å²) in [4.78, 5) is 29.6. The van der Waals surface area contributed by atoms with E-state index >= 15 is 0 Å². The first-order valence-electron chi connectivity index (χ1n) is 8.31. The fraction of sp³-hybridized carbons (Fsp3) is 0.389. The Morgan fingerprint density at radius 1 is 1.29 bits per heavy atom. The Morgan fingerprint density at radius 2 is 1.93 bits per heavy atom. The van der Waals surface area contributed by atoms with Crippen LogP contribution in [0.5, 0.6) is 0 Å². The molecule has 0 radical (unpaired) electrons. The number of nitrogens with zero attached hydrogens (tertiary/aromatic N) is 3. The van der Waals surface area contributed by atoms with Crippen molar-refractivity contribution in [2.24, 2.45) is 0 Å². The van der Waals surface area contributed by atoms with Gasteiger partial charge in [0.2, 0.25) is 5.91 Å². The Morgan fingerprint density at radius 3 is 2.46 bits per heavy atom. The summed E-state index contributed by atoms with van der Waals surface area (Å²) in [5.74, 6) is -1.72. The van der Waals surface area contributed by atoms with Gasteiger partial charge in [-0.15, -0.1) is 0 Å². The van der Waals surface area contributed by atoms with Gasteiger partial charge in [0.05, 0.1) is 6.61 Å². The molecule has 0 spiro atoms. The molecule has 0 saturated heterocycles. The number of rotatable bonds is 5. The van der Waals surface area contributed by atoms with Crippen molar-refractivity contribution < 1.29 is 27.5 Å². The number of anilines is 1. The maximum atomic E-state index is 13.3. The van der Waals surface area contributed by atoms with Crippen molar-refractivity contribution in [1.82, 2.24) is 9.55 Å². The minimum atomic E-state index is -4.88. The van der Waals surface area contributed by atoms with Crippen molar-refractivity contribution in [2.75, 3.05) is 18.6 Å². The van der Waals surface area contributed by atoms with Crippen LogP contribution < -0.4 is 4.90 Å². The summed E-state index contributed by atoms with van der Waals surface area (Å²) in [6, 6.07) is 5.46. The molecule has 0 bridgehead atoms. The van der Waals surface area contributed by atoms with Gasteiger partial charge in [-0.05, 0) is 48.3 Å². The Hall–Kier alpha value is -2.36. The molecular formula is C18H19BrF3N3O3. The van der Waals surface area contributed by atoms with E-state index in [1.54, 1.807) is 6.07 Å². The van der Waals surface area contributed by atoms with Crippen molar-refractivity contribution >= 4 is 33.5 Å². The molecule has 6 nitrogen and oxygen atoms in total. The van der Waals surface area contributed by atoms with Crippen LogP contribution in [0.4, 0.5) is 18.9 Å². The van der Waals surface area contributed by atoms with E-state index in [0.29, 0.717) is 5.69 Å². The molecule has 2 rings (SSSR count). The average molecular weight is 462 g/mol. The normalized spacial score (nSPS) is 11.4. The van der Waals surface area contributed by atoms with E-state index in [1.807, 2.05) is 26.0 Å². The highest BCUT2D eigenvalue weighted by Crippen LogP contribution is 2.34. The molecule has 10 heteroatoms. The van der Waals surface area contributed by atoms with Crippen molar-refractivity contribution in [3.05, 3.63) is 45.4 Å². The molecule has 1 aromatic heterocycles. The third kappa shape index (κ3) is 4.54. The molecular weight excluding hydrogens is 443 g/mol. The zero-order chi connectivity index (χ0) is 21.2. The van der Waals surface area contributed by atoms with Crippen molar-refractivity contribution in [2.45, 2.75) is 33.5 Å². The number of esters is 1. The van der Waals surface area contributed by atoms with Crippen LogP contribution in [0.3, 0.4) is 0 Å². The van der Waals surface area contributed by atoms with Crippen LogP contribution in [0.25, 0.3) is 0 Å². The highest BCUT2D eigenvalue weighted by molar-refractivity contribution is 9.10. The quantitative estimate of drug-likeness (QED) is 0.628. The molecule has 0 unspecified atom stereocenters. The van der Waals surface area contributed by atoms with Gasteiger partial charge in [-0.1, -0.05) is 17.7 Å². The molecule has 1 amide bonds. The maximum absolute atomic E-state index is 13.3. The van der Waals surface area contributed by atoms with Crippen molar-refractivity contribution in [3.8, 4) is 0 Å². The van der Waals surface area contributed by atoms with Crippen LogP contribution in [0.1, 0.15) is 34.2 Å². The van der Waals surface area contributed by atoms with Crippen LogP contribution in [0, 0.1) is 13.8 Å². The number of imidazole rings is 1. The molecule has 0 aliphatic heterocycles. The summed E-state index contributed by atoms with van der Waals surface area (Å²) in [6.07, 6.45) is -4.88. The minimum Gasteiger partial charge on any atom is -0.461 e. The number of carbonyl (C=O) groups excluding carboxylic acids is 2. The first-order chi connectivity index (χ1) is 13.0. The number of likely N-dealkylation sites (N-methyl/N-ethyl adjacent to an activating group) is 1. The van der Waals surface area contributed by atoms with E-state index in [4.69, 9.17) is 4.74 Å². The smallest absolute Gasteiger partial charge is 0.435 e. The van der Waals surface area contributed by atoms with E-state index in [-0.39, 0.29) is 11.3 Å². The molecule has 1 aromatic carbocycles. The Kier molecular flexibility index (Phi) is 6.53. The molecule has 2 aromatic rings. The van der Waals surface area contributed by atoms with Crippen LogP contribution in [0.15, 0.2) is 22.9 Å². The number of aryl methyl sites for hydroxylation is 2. The number of hydrogen-bond acceptors (Lipinski definition) is 4. The van der Waals surface area contributed by atoms with Crippen LogP contribution >= 0.6 is 15.9 Å². The number of ether oxygens (including phenoxy) is 1. The summed E-state index contributed by atoms with van der Waals surface area (Å²) < 4.78 is 45.2. The average Bonchev–Trinajstić information content (AvgIpc) is 2.91. The lowest BCUT2D eigenvalue weighted by Gasteiger charge is -2.21. The first-order valence-corrected chi connectivity index (χ1v) is 9.10. The number of amides is 1. The van der Waals surface area contributed by atoms with Gasteiger partial charge < -0.3 is 14.2 Å². The van der Waals surface area contributed by atoms with Gasteiger partial charge in [-0.2, -0.15) is 13.2 Å². The van der Waals surface area contributed by atoms with E-state index < -0.39 is 36.0 Å². The Bertz CT molecular complexity index is 909. The summed E-state index contributed by atoms with van der Waals surface area (Å²) in [7, 11) is 1.51. The second-order valence-electron chi connectivity index (χ2n) is 6.13. The number of alkyl halides is 3. The molecule has 0 saturated carbocycles. The third-order valence-electron chi connectivity index (χ3n) is 4.04. The fourth-order valence-electron chi connectivity index (χ4n) is 2.73. The highest BCUT2D eigenvalue weighted by Gasteiger charge is 2.42. The predicted molar refractivity (Wildman–Crippen MR) is 100 cm³/mol. The number of hydrogen-bond donors (Lipinski definition) is 0. The standard InChI is InChI=1S/C18H19BrF3N3O3/c1-5-28-16(27)14-15(18(20,21)22)23-17(19)25(14)9-13(26)24(4)12-7-6-10(2)8-11(12)3/h6-8H,5,9H2,1-4H3. The van der Waals surface area contributed by atoms with Gasteiger partial charge in [0.15, 0.2) is 16.1 Å². The topological polar surface area (TPSA) is 64.4 Å². The van der Waals surface area contributed by atoms with Crippen molar-refractivity contribution in [1.29, 1.82) is 0 Å². The molecule has 28 heavy (non-hydrogen) atoms. The predicted octanol–water partition coefficient (Wildman–Crippen LogP) is 4.12. The Balaban J connectivity index is 2.43. The van der Waals surface area contributed by atoms with Gasteiger partial charge in [0.25, 0.3) is 0 Å². The number of aromatic nitrogens is 2. The molecule has 152 valence electrons. The summed E-state index contributed by atoms with van der Waals surface area (Å²) >= 11 is 2.91. The van der Waals surface area contributed by atoms with Crippen LogP contribution in [-0.2, 0) is 22.3 Å². The van der Waals surface area contributed by atoms with Crippen LogP contribution in [-0.4, -0.2) is 35.1 Å². The number of carbonyl (C=O) groups is 2. The zero-order valence-electron chi connectivity index (χ0n) is 15.7.